The summed E-state index contributed by atoms with van der Waals surface area (Å²) in [5, 5.41) is 0.523. The van der Waals surface area contributed by atoms with E-state index in [0.717, 1.165) is 31.4 Å². The second kappa shape index (κ2) is 7.65. The van der Waals surface area contributed by atoms with E-state index in [1.807, 2.05) is 0 Å². The summed E-state index contributed by atoms with van der Waals surface area (Å²) in [6.07, 6.45) is 4.35. The number of halogens is 1. The number of hydrogen-bond acceptors (Lipinski definition) is 4. The Morgan fingerprint density at radius 1 is 1.60 bits per heavy atom. The largest absolute Gasteiger partial charge is 0.605 e. The molecule has 0 aromatic rings. The molecular formula is C9H15ClO3S2. The van der Waals surface area contributed by atoms with E-state index in [4.69, 9.17) is 11.6 Å². The second-order valence-corrected chi connectivity index (χ2v) is 7.17. The van der Waals surface area contributed by atoms with Crippen molar-refractivity contribution < 1.29 is 14.1 Å². The molecular weight excluding hydrogens is 256 g/mol. The normalized spacial score (nSPS) is 25.5. The summed E-state index contributed by atoms with van der Waals surface area (Å²) >= 11 is 5.25. The Bertz CT molecular complexity index is 204. The summed E-state index contributed by atoms with van der Waals surface area (Å²) < 4.78 is 15.7. The molecule has 0 amide bonds. The Balaban J connectivity index is 1.95. The molecule has 15 heavy (non-hydrogen) atoms. The van der Waals surface area contributed by atoms with Gasteiger partial charge in [0.2, 0.25) is 0 Å². The van der Waals surface area contributed by atoms with Crippen molar-refractivity contribution in [1.29, 1.82) is 0 Å². The molecule has 2 atom stereocenters. The zero-order valence-electron chi connectivity index (χ0n) is 8.45. The van der Waals surface area contributed by atoms with Crippen LogP contribution < -0.4 is 0 Å². The maximum Gasteiger partial charge on any atom is 0.306 e. The van der Waals surface area contributed by atoms with E-state index in [1.54, 1.807) is 10.8 Å². The van der Waals surface area contributed by atoms with Crippen molar-refractivity contribution in [2.45, 2.75) is 37.4 Å². The molecule has 0 spiro atoms. The van der Waals surface area contributed by atoms with Gasteiger partial charge in [0.25, 0.3) is 0 Å². The lowest BCUT2D eigenvalue weighted by molar-refractivity contribution is -0.141. The highest BCUT2D eigenvalue weighted by atomic mass is 35.5. The average molecular weight is 271 g/mol. The molecule has 88 valence electrons. The van der Waals surface area contributed by atoms with Crippen LogP contribution in [0.1, 0.15) is 32.1 Å². The van der Waals surface area contributed by atoms with Crippen LogP contribution in [0.2, 0.25) is 0 Å². The van der Waals surface area contributed by atoms with Crippen molar-refractivity contribution in [3.05, 3.63) is 0 Å². The number of unbranched alkanes of at least 4 members (excludes halogenated alkanes) is 1. The highest BCUT2D eigenvalue weighted by molar-refractivity contribution is 8.72. The first-order valence-electron chi connectivity index (χ1n) is 4.99. The number of alkyl halides is 1. The molecule has 0 bridgehead atoms. The first kappa shape index (κ1) is 13.5. The number of esters is 1. The van der Waals surface area contributed by atoms with Gasteiger partial charge < -0.3 is 9.29 Å². The third kappa shape index (κ3) is 5.90. The number of carbonyl (C=O) groups is 1. The lowest BCUT2D eigenvalue weighted by Gasteiger charge is -2.04. The minimum absolute atomic E-state index is 0.0592. The molecule has 1 fully saturated rings. The van der Waals surface area contributed by atoms with Gasteiger partial charge in [0.15, 0.2) is 6.07 Å². The molecule has 1 aliphatic heterocycles. The Labute approximate surface area is 102 Å². The SMILES string of the molecule is O=C(CCCC[C@@H]1CC[S+]([O-])S1)OCCl. The standard InChI is InChI=1S/C9H15ClO3S2/c10-7-13-9(11)4-2-1-3-8-5-6-15(12)14-8/h8H,1-7H2/t8-,15?/m1/s1. The minimum atomic E-state index is -0.663. The topological polar surface area (TPSA) is 49.4 Å². The van der Waals surface area contributed by atoms with Crippen LogP contribution in [0.3, 0.4) is 0 Å². The molecule has 1 unspecified atom stereocenters. The van der Waals surface area contributed by atoms with Gasteiger partial charge in [-0.05, 0) is 12.8 Å². The van der Waals surface area contributed by atoms with Crippen molar-refractivity contribution in [2.24, 2.45) is 0 Å². The first-order chi connectivity index (χ1) is 7.22. The number of carbonyl (C=O) groups excluding carboxylic acids is 1. The van der Waals surface area contributed by atoms with E-state index in [9.17, 15) is 9.35 Å². The first-order valence-corrected chi connectivity index (χ1v) is 8.24. The van der Waals surface area contributed by atoms with Gasteiger partial charge in [-0.3, -0.25) is 4.79 Å². The van der Waals surface area contributed by atoms with Crippen LogP contribution in [0, 0.1) is 0 Å². The van der Waals surface area contributed by atoms with Gasteiger partial charge in [-0.2, -0.15) is 0 Å². The smallest absolute Gasteiger partial charge is 0.306 e. The minimum Gasteiger partial charge on any atom is -0.605 e. The van der Waals surface area contributed by atoms with Crippen molar-refractivity contribution in [3.63, 3.8) is 0 Å². The van der Waals surface area contributed by atoms with Gasteiger partial charge >= 0.3 is 5.97 Å². The maximum absolute atomic E-state index is 11.1. The molecule has 0 N–H and O–H groups in total. The summed E-state index contributed by atoms with van der Waals surface area (Å²) in [7, 11) is 0.907. The third-order valence-corrected chi connectivity index (χ3v) is 5.82. The monoisotopic (exact) mass is 270 g/mol. The van der Waals surface area contributed by atoms with E-state index in [2.05, 4.69) is 4.74 Å². The van der Waals surface area contributed by atoms with Gasteiger partial charge in [-0.25, -0.2) is 0 Å². The summed E-state index contributed by atoms with van der Waals surface area (Å²) in [5.41, 5.74) is 0. The van der Waals surface area contributed by atoms with Crippen molar-refractivity contribution in [2.75, 3.05) is 11.8 Å². The number of hydrogen-bond donors (Lipinski definition) is 0. The predicted molar refractivity (Wildman–Crippen MR) is 64.3 cm³/mol. The molecule has 0 saturated carbocycles. The molecule has 3 nitrogen and oxygen atoms in total. The zero-order chi connectivity index (χ0) is 11.1. The van der Waals surface area contributed by atoms with Gasteiger partial charge in [0, 0.05) is 23.0 Å². The molecule has 0 radical (unpaired) electrons. The van der Waals surface area contributed by atoms with Gasteiger partial charge in [-0.15, -0.1) is 0 Å². The van der Waals surface area contributed by atoms with Crippen LogP contribution in [0.25, 0.3) is 0 Å². The summed E-state index contributed by atoms with van der Waals surface area (Å²) in [4.78, 5) is 10.9. The van der Waals surface area contributed by atoms with E-state index in [-0.39, 0.29) is 12.0 Å². The Hall–Kier alpha value is 0.420. The highest BCUT2D eigenvalue weighted by Gasteiger charge is 2.27. The number of rotatable bonds is 6. The van der Waals surface area contributed by atoms with Crippen LogP contribution in [-0.2, 0) is 19.7 Å². The van der Waals surface area contributed by atoms with E-state index in [0.29, 0.717) is 11.7 Å². The lowest BCUT2D eigenvalue weighted by atomic mass is 10.1. The maximum atomic E-state index is 11.1. The van der Waals surface area contributed by atoms with Crippen molar-refractivity contribution in [1.82, 2.24) is 0 Å². The van der Waals surface area contributed by atoms with E-state index >= 15 is 0 Å². The molecule has 6 heteroatoms. The van der Waals surface area contributed by atoms with Gasteiger partial charge in [0.1, 0.15) is 5.75 Å². The Morgan fingerprint density at radius 3 is 3.00 bits per heavy atom. The molecule has 1 saturated heterocycles. The molecule has 0 aromatic heterocycles. The Morgan fingerprint density at radius 2 is 2.40 bits per heavy atom. The average Bonchev–Trinajstić information content (AvgIpc) is 2.60. The van der Waals surface area contributed by atoms with Crippen LogP contribution >= 0.6 is 22.4 Å². The fraction of sp³-hybridized carbons (Fsp3) is 0.889. The molecule has 0 aromatic carbocycles. The van der Waals surface area contributed by atoms with Crippen LogP contribution in [0.5, 0.6) is 0 Å². The van der Waals surface area contributed by atoms with Crippen LogP contribution in [-0.4, -0.2) is 27.6 Å². The van der Waals surface area contributed by atoms with Gasteiger partial charge in [-0.1, -0.05) is 18.0 Å². The highest BCUT2D eigenvalue weighted by Crippen LogP contribution is 2.34. The molecule has 1 rings (SSSR count). The van der Waals surface area contributed by atoms with E-state index < -0.39 is 10.2 Å². The van der Waals surface area contributed by atoms with Crippen molar-refractivity contribution >= 4 is 38.6 Å². The quantitative estimate of drug-likeness (QED) is 0.245. The van der Waals surface area contributed by atoms with Gasteiger partial charge in [0.05, 0.1) is 16.0 Å². The van der Waals surface area contributed by atoms with Crippen LogP contribution in [0.15, 0.2) is 0 Å². The number of ether oxygens (including phenoxy) is 1. The van der Waals surface area contributed by atoms with Crippen molar-refractivity contribution in [3.8, 4) is 0 Å². The molecule has 1 heterocycles. The zero-order valence-corrected chi connectivity index (χ0v) is 10.8. The molecule has 0 aliphatic carbocycles. The Kier molecular flexibility index (Phi) is 6.88. The summed E-state index contributed by atoms with van der Waals surface area (Å²) in [6.45, 7) is 0. The van der Waals surface area contributed by atoms with Crippen LogP contribution in [0.4, 0.5) is 0 Å². The molecule has 1 aliphatic rings. The second-order valence-electron chi connectivity index (χ2n) is 3.39. The summed E-state index contributed by atoms with van der Waals surface area (Å²) in [6, 6.07) is -0.0592. The fourth-order valence-corrected chi connectivity index (χ4v) is 5.13. The fourth-order valence-electron chi connectivity index (χ4n) is 1.44. The van der Waals surface area contributed by atoms with E-state index in [1.165, 1.54) is 0 Å². The third-order valence-electron chi connectivity index (χ3n) is 2.22. The summed E-state index contributed by atoms with van der Waals surface area (Å²) in [5.74, 6) is 0.594. The predicted octanol–water partition coefficient (Wildman–Crippen LogP) is 2.46. The lowest BCUT2D eigenvalue weighted by Crippen LogP contribution is -2.03.